The minimum Gasteiger partial charge on any atom is -0.385 e. The van der Waals surface area contributed by atoms with Crippen LogP contribution in [0.15, 0.2) is 24.3 Å². The van der Waals surface area contributed by atoms with Crippen LogP contribution in [0.3, 0.4) is 0 Å². The zero-order valence-corrected chi connectivity index (χ0v) is 8.99. The number of ketones is 1. The average Bonchev–Trinajstić information content (AvgIpc) is 2.18. The molecule has 4 heteroatoms. The topological polar surface area (TPSA) is 54.4 Å². The molecule has 1 atom stereocenters. The van der Waals surface area contributed by atoms with Gasteiger partial charge in [0.15, 0.2) is 5.78 Å². The third kappa shape index (κ3) is 3.46. The summed E-state index contributed by atoms with van der Waals surface area (Å²) in [6, 6.07) is 6.47. The maximum Gasteiger partial charge on any atom is 0.252 e. The van der Waals surface area contributed by atoms with Gasteiger partial charge in [0.25, 0.3) is 5.24 Å². The van der Waals surface area contributed by atoms with Crippen LogP contribution in [0, 0.1) is 0 Å². The molecule has 1 aromatic rings. The summed E-state index contributed by atoms with van der Waals surface area (Å²) in [5.41, 5.74) is 1.19. The van der Waals surface area contributed by atoms with E-state index in [0.717, 1.165) is 5.56 Å². The number of carbonyl (C=O) groups is 2. The number of halogens is 1. The number of aliphatic hydroxyl groups is 1. The van der Waals surface area contributed by atoms with Gasteiger partial charge in [-0.2, -0.15) is 0 Å². The lowest BCUT2D eigenvalue weighted by Crippen LogP contribution is -2.19. The molecule has 3 nitrogen and oxygen atoms in total. The molecule has 15 heavy (non-hydrogen) atoms. The van der Waals surface area contributed by atoms with E-state index in [1.807, 2.05) is 0 Å². The van der Waals surface area contributed by atoms with Gasteiger partial charge in [-0.1, -0.05) is 12.1 Å². The Labute approximate surface area is 92.7 Å². The Balaban J connectivity index is 2.72. The molecule has 0 amide bonds. The van der Waals surface area contributed by atoms with Gasteiger partial charge in [-0.05, 0) is 36.2 Å². The van der Waals surface area contributed by atoms with E-state index < -0.39 is 11.3 Å². The van der Waals surface area contributed by atoms with Gasteiger partial charge in [0.05, 0.1) is 0 Å². The molecule has 0 aliphatic rings. The Morgan fingerprint density at radius 1 is 1.33 bits per heavy atom. The molecule has 1 rings (SSSR count). The van der Waals surface area contributed by atoms with Crippen LogP contribution in [0.25, 0.3) is 0 Å². The lowest BCUT2D eigenvalue weighted by Gasteiger charge is -2.06. The number of hydrogen-bond donors (Lipinski definition) is 1. The largest absolute Gasteiger partial charge is 0.385 e. The SMILES string of the molecule is CC(=O)C(O)Cc1ccc(C(=O)Cl)cc1. The van der Waals surface area contributed by atoms with Crippen molar-refractivity contribution >= 4 is 22.6 Å². The maximum atomic E-state index is 10.8. The van der Waals surface area contributed by atoms with Crippen molar-refractivity contribution in [1.29, 1.82) is 0 Å². The summed E-state index contributed by atoms with van der Waals surface area (Å²) < 4.78 is 0. The molecule has 0 heterocycles. The highest BCUT2D eigenvalue weighted by molar-refractivity contribution is 6.67. The maximum absolute atomic E-state index is 10.8. The molecule has 0 saturated carbocycles. The van der Waals surface area contributed by atoms with Gasteiger partial charge in [-0.25, -0.2) is 0 Å². The van der Waals surface area contributed by atoms with E-state index in [-0.39, 0.29) is 12.2 Å². The Morgan fingerprint density at radius 3 is 2.27 bits per heavy atom. The lowest BCUT2D eigenvalue weighted by molar-refractivity contribution is -0.124. The first kappa shape index (κ1) is 11.9. The van der Waals surface area contributed by atoms with Crippen molar-refractivity contribution < 1.29 is 14.7 Å². The van der Waals surface area contributed by atoms with Crippen LogP contribution in [0.2, 0.25) is 0 Å². The molecule has 80 valence electrons. The zero-order valence-electron chi connectivity index (χ0n) is 8.24. The van der Waals surface area contributed by atoms with Crippen LogP contribution in [0.4, 0.5) is 0 Å². The van der Waals surface area contributed by atoms with Gasteiger partial charge in [0.1, 0.15) is 6.10 Å². The second kappa shape index (κ2) is 5.05. The van der Waals surface area contributed by atoms with Crippen molar-refractivity contribution in [3.63, 3.8) is 0 Å². The standard InChI is InChI=1S/C11H11ClO3/c1-7(13)10(14)6-8-2-4-9(5-3-8)11(12)15/h2-5,10,14H,6H2,1H3. The van der Waals surface area contributed by atoms with E-state index >= 15 is 0 Å². The third-order valence-corrected chi connectivity index (χ3v) is 2.30. The molecule has 0 aromatic heterocycles. The summed E-state index contributed by atoms with van der Waals surface area (Å²) in [6.45, 7) is 1.33. The van der Waals surface area contributed by atoms with Crippen molar-refractivity contribution in [1.82, 2.24) is 0 Å². The van der Waals surface area contributed by atoms with Gasteiger partial charge in [0, 0.05) is 12.0 Å². The first-order valence-electron chi connectivity index (χ1n) is 4.48. The van der Waals surface area contributed by atoms with E-state index in [1.165, 1.54) is 6.92 Å². The number of benzene rings is 1. The normalized spacial score (nSPS) is 12.2. The van der Waals surface area contributed by atoms with E-state index in [1.54, 1.807) is 24.3 Å². The summed E-state index contributed by atoms with van der Waals surface area (Å²) >= 11 is 5.27. The number of carbonyl (C=O) groups excluding carboxylic acids is 2. The molecule has 1 N–H and O–H groups in total. The van der Waals surface area contributed by atoms with Crippen LogP contribution >= 0.6 is 11.6 Å². The van der Waals surface area contributed by atoms with Crippen molar-refractivity contribution in [3.05, 3.63) is 35.4 Å². The molecule has 0 fully saturated rings. The first-order chi connectivity index (χ1) is 7.00. The predicted octanol–water partition coefficient (Wildman–Crippen LogP) is 1.56. The molecule has 0 bridgehead atoms. The van der Waals surface area contributed by atoms with Gasteiger partial charge in [-0.15, -0.1) is 0 Å². The molecule has 0 saturated heterocycles. The van der Waals surface area contributed by atoms with E-state index in [9.17, 15) is 14.7 Å². The molecule has 0 spiro atoms. The Hall–Kier alpha value is -1.19. The summed E-state index contributed by atoms with van der Waals surface area (Å²) in [5, 5.41) is 8.80. The fourth-order valence-corrected chi connectivity index (χ4v) is 1.26. The summed E-state index contributed by atoms with van der Waals surface area (Å²) in [6.07, 6.45) is -0.728. The molecule has 1 unspecified atom stereocenters. The highest BCUT2D eigenvalue weighted by atomic mass is 35.5. The summed E-state index contributed by atoms with van der Waals surface area (Å²) in [5.74, 6) is -0.271. The smallest absolute Gasteiger partial charge is 0.252 e. The summed E-state index contributed by atoms with van der Waals surface area (Å²) in [4.78, 5) is 21.5. The van der Waals surface area contributed by atoms with Crippen LogP contribution in [-0.2, 0) is 11.2 Å². The zero-order chi connectivity index (χ0) is 11.4. The van der Waals surface area contributed by atoms with E-state index in [0.29, 0.717) is 5.56 Å². The van der Waals surface area contributed by atoms with Gasteiger partial charge in [0.2, 0.25) is 0 Å². The molecular formula is C11H11ClO3. The molecule has 0 radical (unpaired) electrons. The third-order valence-electron chi connectivity index (χ3n) is 2.08. The number of hydrogen-bond acceptors (Lipinski definition) is 3. The minimum absolute atomic E-state index is 0.256. The van der Waals surface area contributed by atoms with Crippen molar-refractivity contribution in [2.24, 2.45) is 0 Å². The highest BCUT2D eigenvalue weighted by Crippen LogP contribution is 2.09. The van der Waals surface area contributed by atoms with Crippen LogP contribution < -0.4 is 0 Å². The van der Waals surface area contributed by atoms with E-state index in [2.05, 4.69) is 0 Å². The number of aliphatic hydroxyl groups excluding tert-OH is 1. The molecule has 1 aromatic carbocycles. The minimum atomic E-state index is -0.984. The van der Waals surface area contributed by atoms with Crippen LogP contribution in [-0.4, -0.2) is 22.2 Å². The second-order valence-electron chi connectivity index (χ2n) is 3.30. The molecule has 0 aliphatic heterocycles. The number of Topliss-reactive ketones (excluding diaryl/α,β-unsaturated/α-hetero) is 1. The monoisotopic (exact) mass is 226 g/mol. The Bertz CT molecular complexity index is 370. The van der Waals surface area contributed by atoms with Crippen LogP contribution in [0.1, 0.15) is 22.8 Å². The first-order valence-corrected chi connectivity index (χ1v) is 4.86. The fourth-order valence-electron chi connectivity index (χ4n) is 1.14. The van der Waals surface area contributed by atoms with Gasteiger partial charge >= 0.3 is 0 Å². The predicted molar refractivity (Wildman–Crippen MR) is 57.0 cm³/mol. The van der Waals surface area contributed by atoms with Crippen molar-refractivity contribution in [2.45, 2.75) is 19.4 Å². The highest BCUT2D eigenvalue weighted by Gasteiger charge is 2.10. The fraction of sp³-hybridized carbons (Fsp3) is 0.273. The lowest BCUT2D eigenvalue weighted by atomic mass is 10.0. The Morgan fingerprint density at radius 2 is 1.87 bits per heavy atom. The second-order valence-corrected chi connectivity index (χ2v) is 3.64. The van der Waals surface area contributed by atoms with Crippen molar-refractivity contribution in [3.8, 4) is 0 Å². The molecular weight excluding hydrogens is 216 g/mol. The van der Waals surface area contributed by atoms with Crippen molar-refractivity contribution in [2.75, 3.05) is 0 Å². The Kier molecular flexibility index (Phi) is 4.00. The number of rotatable bonds is 4. The van der Waals surface area contributed by atoms with E-state index in [4.69, 9.17) is 11.6 Å². The summed E-state index contributed by atoms with van der Waals surface area (Å²) in [7, 11) is 0. The quantitative estimate of drug-likeness (QED) is 0.793. The molecule has 0 aliphatic carbocycles. The van der Waals surface area contributed by atoms with Crippen LogP contribution in [0.5, 0.6) is 0 Å². The average molecular weight is 227 g/mol. The van der Waals surface area contributed by atoms with Gasteiger partial charge < -0.3 is 5.11 Å². The van der Waals surface area contributed by atoms with Gasteiger partial charge in [-0.3, -0.25) is 9.59 Å².